The lowest BCUT2D eigenvalue weighted by Gasteiger charge is -1.92. The van der Waals surface area contributed by atoms with E-state index in [2.05, 4.69) is 9.97 Å². The highest BCUT2D eigenvalue weighted by Crippen LogP contribution is 2.10. The van der Waals surface area contributed by atoms with Gasteiger partial charge in [0.2, 0.25) is 5.28 Å². The monoisotopic (exact) mass is 197 g/mol. The molecule has 0 bridgehead atoms. The lowest BCUT2D eigenvalue weighted by Crippen LogP contribution is -1.87. The number of imidazole rings is 1. The SMILES string of the molecule is COCc1cn2c(Cl)nccc2n1. The van der Waals surface area contributed by atoms with E-state index >= 15 is 0 Å². The van der Waals surface area contributed by atoms with E-state index in [1.165, 1.54) is 0 Å². The number of ether oxygens (including phenoxy) is 1. The Morgan fingerprint density at radius 3 is 3.15 bits per heavy atom. The predicted molar refractivity (Wildman–Crippen MR) is 48.7 cm³/mol. The van der Waals surface area contributed by atoms with Gasteiger partial charge >= 0.3 is 0 Å². The van der Waals surface area contributed by atoms with Crippen molar-refractivity contribution < 1.29 is 4.74 Å². The van der Waals surface area contributed by atoms with Gasteiger partial charge in [-0.1, -0.05) is 0 Å². The summed E-state index contributed by atoms with van der Waals surface area (Å²) < 4.78 is 6.68. The van der Waals surface area contributed by atoms with E-state index < -0.39 is 0 Å². The van der Waals surface area contributed by atoms with Gasteiger partial charge in [-0.3, -0.25) is 4.40 Å². The summed E-state index contributed by atoms with van der Waals surface area (Å²) in [6, 6.07) is 1.80. The first-order chi connectivity index (χ1) is 6.31. The van der Waals surface area contributed by atoms with Gasteiger partial charge in [-0.2, -0.15) is 0 Å². The van der Waals surface area contributed by atoms with Crippen LogP contribution in [0.1, 0.15) is 5.69 Å². The summed E-state index contributed by atoms with van der Waals surface area (Å²) in [6.07, 6.45) is 3.44. The van der Waals surface area contributed by atoms with Gasteiger partial charge in [0, 0.05) is 19.5 Å². The van der Waals surface area contributed by atoms with Gasteiger partial charge in [0.1, 0.15) is 5.65 Å². The summed E-state index contributed by atoms with van der Waals surface area (Å²) in [5.74, 6) is 0. The zero-order valence-electron chi connectivity index (χ0n) is 7.07. The van der Waals surface area contributed by atoms with Crippen molar-refractivity contribution in [2.24, 2.45) is 0 Å². The van der Waals surface area contributed by atoms with E-state index in [4.69, 9.17) is 16.3 Å². The molecule has 0 unspecified atom stereocenters. The van der Waals surface area contributed by atoms with E-state index in [0.29, 0.717) is 11.9 Å². The number of halogens is 1. The standard InChI is InChI=1S/C8H8ClN3O/c1-13-5-6-4-12-7(11-6)2-3-10-8(12)9/h2-4H,5H2,1H3. The van der Waals surface area contributed by atoms with Crippen LogP contribution < -0.4 is 0 Å². The van der Waals surface area contributed by atoms with Crippen molar-refractivity contribution in [1.82, 2.24) is 14.4 Å². The molecule has 0 saturated heterocycles. The molecular formula is C8H8ClN3O. The fourth-order valence-electron chi connectivity index (χ4n) is 1.16. The summed E-state index contributed by atoms with van der Waals surface area (Å²) in [5.41, 5.74) is 1.63. The van der Waals surface area contributed by atoms with E-state index in [1.807, 2.05) is 6.20 Å². The lowest BCUT2D eigenvalue weighted by atomic mass is 10.5. The first kappa shape index (κ1) is 8.47. The number of hydrogen-bond donors (Lipinski definition) is 0. The van der Waals surface area contributed by atoms with E-state index in [0.717, 1.165) is 11.3 Å². The van der Waals surface area contributed by atoms with Crippen LogP contribution in [-0.4, -0.2) is 21.5 Å². The number of methoxy groups -OCH3 is 1. The second-order valence-corrected chi connectivity index (χ2v) is 2.95. The molecule has 0 aliphatic rings. The molecule has 0 aliphatic heterocycles. The second kappa shape index (κ2) is 3.32. The second-order valence-electron chi connectivity index (χ2n) is 2.61. The Morgan fingerprint density at radius 2 is 2.46 bits per heavy atom. The summed E-state index contributed by atoms with van der Waals surface area (Å²) in [6.45, 7) is 0.484. The Balaban J connectivity index is 2.55. The summed E-state index contributed by atoms with van der Waals surface area (Å²) in [5, 5.41) is 0.410. The molecule has 0 aromatic carbocycles. The van der Waals surface area contributed by atoms with Gasteiger partial charge in [0.15, 0.2) is 0 Å². The van der Waals surface area contributed by atoms with Gasteiger partial charge < -0.3 is 4.74 Å². The van der Waals surface area contributed by atoms with E-state index in [9.17, 15) is 0 Å². The van der Waals surface area contributed by atoms with Gasteiger partial charge in [0.25, 0.3) is 0 Å². The van der Waals surface area contributed by atoms with Crippen LogP contribution in [0.5, 0.6) is 0 Å². The third-order valence-corrected chi connectivity index (χ3v) is 1.96. The molecule has 68 valence electrons. The molecule has 2 heterocycles. The van der Waals surface area contributed by atoms with Crippen LogP contribution in [0, 0.1) is 0 Å². The Hall–Kier alpha value is -1.13. The van der Waals surface area contributed by atoms with Crippen LogP contribution in [0.15, 0.2) is 18.5 Å². The molecule has 0 amide bonds. The molecule has 0 fully saturated rings. The highest BCUT2D eigenvalue weighted by atomic mass is 35.5. The summed E-state index contributed by atoms with van der Waals surface area (Å²) in [4.78, 5) is 8.21. The van der Waals surface area contributed by atoms with Crippen molar-refractivity contribution in [3.63, 3.8) is 0 Å². The Kier molecular flexibility index (Phi) is 2.16. The van der Waals surface area contributed by atoms with Crippen molar-refractivity contribution >= 4 is 17.2 Å². The first-order valence-electron chi connectivity index (χ1n) is 3.78. The highest BCUT2D eigenvalue weighted by Gasteiger charge is 2.03. The zero-order chi connectivity index (χ0) is 9.26. The molecule has 0 atom stereocenters. The van der Waals surface area contributed by atoms with Crippen LogP contribution in [0.4, 0.5) is 0 Å². The van der Waals surface area contributed by atoms with Gasteiger partial charge in [-0.15, -0.1) is 0 Å². The molecule has 4 nitrogen and oxygen atoms in total. The quantitative estimate of drug-likeness (QED) is 0.686. The maximum Gasteiger partial charge on any atom is 0.208 e. The average Bonchev–Trinajstić information content (AvgIpc) is 2.49. The van der Waals surface area contributed by atoms with Crippen LogP contribution in [0.2, 0.25) is 5.28 Å². The summed E-state index contributed by atoms with van der Waals surface area (Å²) >= 11 is 5.84. The van der Waals surface area contributed by atoms with Crippen LogP contribution in [0.25, 0.3) is 5.65 Å². The Bertz CT molecular complexity index is 426. The third-order valence-electron chi connectivity index (χ3n) is 1.68. The molecule has 0 N–H and O–H groups in total. The molecule has 2 aromatic heterocycles. The zero-order valence-corrected chi connectivity index (χ0v) is 7.82. The molecule has 0 radical (unpaired) electrons. The molecule has 5 heteroatoms. The van der Waals surface area contributed by atoms with Crippen molar-refractivity contribution in [1.29, 1.82) is 0 Å². The van der Waals surface area contributed by atoms with Gasteiger partial charge in [-0.05, 0) is 17.7 Å². The molecule has 2 aromatic rings. The molecule has 0 aliphatic carbocycles. The van der Waals surface area contributed by atoms with Crippen LogP contribution in [0.3, 0.4) is 0 Å². The molecule has 13 heavy (non-hydrogen) atoms. The van der Waals surface area contributed by atoms with Crippen molar-refractivity contribution in [2.75, 3.05) is 7.11 Å². The minimum Gasteiger partial charge on any atom is -0.378 e. The number of nitrogens with zero attached hydrogens (tertiary/aromatic N) is 3. The predicted octanol–water partition coefficient (Wildman–Crippen LogP) is 1.53. The van der Waals surface area contributed by atoms with Crippen LogP contribution in [-0.2, 0) is 11.3 Å². The lowest BCUT2D eigenvalue weighted by molar-refractivity contribution is 0.182. The molecule has 0 spiro atoms. The average molecular weight is 198 g/mol. The summed E-state index contributed by atoms with van der Waals surface area (Å²) in [7, 11) is 1.63. The minimum absolute atomic E-state index is 0.410. The molecular weight excluding hydrogens is 190 g/mol. The van der Waals surface area contributed by atoms with Crippen molar-refractivity contribution in [2.45, 2.75) is 6.61 Å². The smallest absolute Gasteiger partial charge is 0.208 e. The minimum atomic E-state index is 0.410. The Morgan fingerprint density at radius 1 is 1.62 bits per heavy atom. The van der Waals surface area contributed by atoms with Gasteiger partial charge in [0.05, 0.1) is 12.3 Å². The number of hydrogen-bond acceptors (Lipinski definition) is 3. The Labute approximate surface area is 80.1 Å². The molecule has 2 rings (SSSR count). The number of rotatable bonds is 2. The fraction of sp³-hybridized carbons (Fsp3) is 0.250. The number of fused-ring (bicyclic) bond motifs is 1. The maximum absolute atomic E-state index is 5.84. The van der Waals surface area contributed by atoms with Crippen molar-refractivity contribution in [3.05, 3.63) is 29.4 Å². The first-order valence-corrected chi connectivity index (χ1v) is 4.16. The van der Waals surface area contributed by atoms with Crippen molar-refractivity contribution in [3.8, 4) is 0 Å². The largest absolute Gasteiger partial charge is 0.378 e. The van der Waals surface area contributed by atoms with E-state index in [-0.39, 0.29) is 0 Å². The number of aromatic nitrogens is 3. The third kappa shape index (κ3) is 1.50. The van der Waals surface area contributed by atoms with Gasteiger partial charge in [-0.25, -0.2) is 9.97 Å². The topological polar surface area (TPSA) is 39.4 Å². The normalized spacial score (nSPS) is 10.9. The highest BCUT2D eigenvalue weighted by molar-refractivity contribution is 6.28. The fourth-order valence-corrected chi connectivity index (χ4v) is 1.35. The van der Waals surface area contributed by atoms with Crippen LogP contribution >= 0.6 is 11.6 Å². The molecule has 0 saturated carbocycles. The maximum atomic E-state index is 5.84. The van der Waals surface area contributed by atoms with E-state index in [1.54, 1.807) is 23.8 Å².